The summed E-state index contributed by atoms with van der Waals surface area (Å²) >= 11 is 3.10. The predicted molar refractivity (Wildman–Crippen MR) is 117 cm³/mol. The second-order valence-corrected chi connectivity index (χ2v) is 8.52. The number of carbonyl (C=O) groups is 1. The molecule has 0 saturated carbocycles. The minimum absolute atomic E-state index is 0.0154. The third-order valence-electron chi connectivity index (χ3n) is 4.25. The average molecular weight is 493 g/mol. The third-order valence-corrected chi connectivity index (χ3v) is 5.39. The smallest absolute Gasteiger partial charge is 0.308 e. The Hall–Kier alpha value is -2.75. The van der Waals surface area contributed by atoms with Crippen molar-refractivity contribution >= 4 is 43.5 Å². The molecule has 0 fully saturated rings. The number of nitrogens with one attached hydrogen (secondary N) is 1. The van der Waals surface area contributed by atoms with Crippen molar-refractivity contribution in [2.45, 2.75) is 13.0 Å². The molecule has 3 aromatic carbocycles. The zero-order chi connectivity index (χ0) is 21.7. The number of rotatable bonds is 7. The van der Waals surface area contributed by atoms with E-state index in [4.69, 9.17) is 4.55 Å². The van der Waals surface area contributed by atoms with E-state index in [-0.39, 0.29) is 24.6 Å². The number of carbonyl (C=O) groups excluding carboxylic acids is 1. The Balaban J connectivity index is 1.82. The van der Waals surface area contributed by atoms with Crippen LogP contribution in [0.25, 0.3) is 0 Å². The van der Waals surface area contributed by atoms with E-state index in [0.717, 1.165) is 5.56 Å². The normalized spacial score (nSPS) is 11.2. The zero-order valence-electron chi connectivity index (χ0n) is 15.6. The van der Waals surface area contributed by atoms with Gasteiger partial charge in [-0.1, -0.05) is 36.4 Å². The molecule has 0 unspecified atom stereocenters. The molecule has 0 atom stereocenters. The summed E-state index contributed by atoms with van der Waals surface area (Å²) in [6, 6.07) is 19.9. The summed E-state index contributed by atoms with van der Waals surface area (Å²) in [6.45, 7) is 0.230. The van der Waals surface area contributed by atoms with Crippen molar-refractivity contribution in [3.63, 3.8) is 0 Å². The van der Waals surface area contributed by atoms with Gasteiger partial charge in [0, 0.05) is 5.69 Å². The summed E-state index contributed by atoms with van der Waals surface area (Å²) in [6.07, 6.45) is 0.0154. The van der Waals surface area contributed by atoms with Crippen molar-refractivity contribution in [2.24, 2.45) is 0 Å². The molecule has 2 N–H and O–H groups in total. The van der Waals surface area contributed by atoms with Gasteiger partial charge in [0.25, 0.3) is 0 Å². The summed E-state index contributed by atoms with van der Waals surface area (Å²) in [5, 5.41) is 0. The molecule has 9 heteroatoms. The Labute approximate surface area is 182 Å². The Morgan fingerprint density at radius 3 is 2.23 bits per heavy atom. The van der Waals surface area contributed by atoms with Crippen LogP contribution in [0.3, 0.4) is 0 Å². The molecule has 3 rings (SSSR count). The van der Waals surface area contributed by atoms with E-state index < -0.39 is 16.1 Å². The van der Waals surface area contributed by atoms with Crippen molar-refractivity contribution in [3.05, 3.63) is 94.2 Å². The minimum atomic E-state index is -4.36. The van der Waals surface area contributed by atoms with E-state index in [2.05, 4.69) is 15.9 Å². The molecule has 0 spiro atoms. The predicted octanol–water partition coefficient (Wildman–Crippen LogP) is 4.58. The summed E-state index contributed by atoms with van der Waals surface area (Å²) in [5.41, 5.74) is 2.17. The fourth-order valence-corrected chi connectivity index (χ4v) is 3.54. The van der Waals surface area contributed by atoms with Gasteiger partial charge in [0.1, 0.15) is 5.82 Å². The van der Waals surface area contributed by atoms with Gasteiger partial charge < -0.3 is 4.90 Å². The largest absolute Gasteiger partial charge is 0.357 e. The number of anilines is 2. The number of hydrogen-bond acceptors (Lipinski definition) is 3. The van der Waals surface area contributed by atoms with Crippen LogP contribution < -0.4 is 9.62 Å². The van der Waals surface area contributed by atoms with Gasteiger partial charge in [0.05, 0.1) is 23.1 Å². The molecule has 0 aliphatic heterocycles. The van der Waals surface area contributed by atoms with Crippen LogP contribution in [0.5, 0.6) is 0 Å². The first-order chi connectivity index (χ1) is 14.2. The minimum Gasteiger partial charge on any atom is -0.308 e. The van der Waals surface area contributed by atoms with Crippen LogP contribution in [-0.2, 0) is 28.1 Å². The van der Waals surface area contributed by atoms with Crippen molar-refractivity contribution in [1.29, 1.82) is 0 Å². The van der Waals surface area contributed by atoms with E-state index >= 15 is 0 Å². The summed E-state index contributed by atoms with van der Waals surface area (Å²) in [5.74, 6) is -0.656. The molecule has 0 aromatic heterocycles. The number of nitrogens with zero attached hydrogens (tertiary/aromatic N) is 1. The third kappa shape index (κ3) is 6.12. The first-order valence-electron chi connectivity index (χ1n) is 8.85. The number of halogens is 2. The molecule has 0 aliphatic rings. The van der Waals surface area contributed by atoms with Gasteiger partial charge in [0.15, 0.2) is 0 Å². The lowest BCUT2D eigenvalue weighted by Crippen LogP contribution is -2.31. The van der Waals surface area contributed by atoms with Crippen LogP contribution in [0.4, 0.5) is 15.8 Å². The molecule has 0 radical (unpaired) electrons. The van der Waals surface area contributed by atoms with E-state index in [1.54, 1.807) is 41.3 Å². The molecule has 156 valence electrons. The average Bonchev–Trinajstić information content (AvgIpc) is 2.69. The van der Waals surface area contributed by atoms with Gasteiger partial charge in [-0.3, -0.25) is 14.1 Å². The van der Waals surface area contributed by atoms with Crippen LogP contribution >= 0.6 is 15.9 Å². The van der Waals surface area contributed by atoms with Crippen molar-refractivity contribution in [3.8, 4) is 0 Å². The van der Waals surface area contributed by atoms with Gasteiger partial charge in [0.2, 0.25) is 5.91 Å². The summed E-state index contributed by atoms with van der Waals surface area (Å²) < 4.78 is 46.8. The van der Waals surface area contributed by atoms with Crippen molar-refractivity contribution < 1.29 is 22.2 Å². The second kappa shape index (κ2) is 9.38. The maximum absolute atomic E-state index is 13.8. The molecule has 3 aromatic rings. The molecular weight excluding hydrogens is 475 g/mol. The number of hydrogen-bond donors (Lipinski definition) is 2. The fraction of sp³-hybridized carbons (Fsp3) is 0.0952. The molecular formula is C21H18BrFN2O4S. The molecule has 30 heavy (non-hydrogen) atoms. The lowest BCUT2D eigenvalue weighted by Gasteiger charge is -2.23. The van der Waals surface area contributed by atoms with Gasteiger partial charge in [-0.05, 0) is 63.5 Å². The van der Waals surface area contributed by atoms with E-state index in [9.17, 15) is 17.6 Å². The Morgan fingerprint density at radius 1 is 1.00 bits per heavy atom. The molecule has 0 bridgehead atoms. The van der Waals surface area contributed by atoms with Crippen LogP contribution in [0.1, 0.15) is 11.1 Å². The molecule has 0 saturated heterocycles. The summed E-state index contributed by atoms with van der Waals surface area (Å²) in [7, 11) is -4.36. The van der Waals surface area contributed by atoms with Crippen LogP contribution in [0.2, 0.25) is 0 Å². The lowest BCUT2D eigenvalue weighted by molar-refractivity contribution is -0.118. The molecule has 1 amide bonds. The maximum atomic E-state index is 13.8. The van der Waals surface area contributed by atoms with Gasteiger partial charge in [-0.15, -0.1) is 0 Å². The second-order valence-electron chi connectivity index (χ2n) is 6.51. The van der Waals surface area contributed by atoms with E-state index in [1.807, 2.05) is 22.9 Å². The number of benzene rings is 3. The van der Waals surface area contributed by atoms with Gasteiger partial charge in [-0.2, -0.15) is 8.42 Å². The van der Waals surface area contributed by atoms with Gasteiger partial charge in [-0.25, -0.2) is 4.39 Å². The van der Waals surface area contributed by atoms with Crippen LogP contribution in [-0.4, -0.2) is 18.9 Å². The van der Waals surface area contributed by atoms with E-state index in [1.165, 1.54) is 18.2 Å². The summed E-state index contributed by atoms with van der Waals surface area (Å²) in [4.78, 5) is 14.6. The first kappa shape index (κ1) is 21.9. The van der Waals surface area contributed by atoms with E-state index in [0.29, 0.717) is 15.7 Å². The highest BCUT2D eigenvalue weighted by Crippen LogP contribution is 2.22. The fourth-order valence-electron chi connectivity index (χ4n) is 2.86. The standard InChI is InChI=1S/C21H18BrFN2O4S/c22-19-11-8-16(12-20(19)23)13-21(26)25(18-4-2-1-3-5-18)14-15-6-9-17(10-7-15)24-30(27,28)29/h1-12,24H,13-14H2,(H,27,28,29). The van der Waals surface area contributed by atoms with Crippen LogP contribution in [0, 0.1) is 5.82 Å². The Morgan fingerprint density at radius 2 is 1.63 bits per heavy atom. The molecule has 0 heterocycles. The highest BCUT2D eigenvalue weighted by molar-refractivity contribution is 9.10. The monoisotopic (exact) mass is 492 g/mol. The first-order valence-corrected chi connectivity index (χ1v) is 11.1. The zero-order valence-corrected chi connectivity index (χ0v) is 18.0. The SMILES string of the molecule is O=C(Cc1ccc(Br)c(F)c1)N(Cc1ccc(NS(=O)(=O)O)cc1)c1ccccc1. The number of amides is 1. The Bertz CT molecular complexity index is 1140. The van der Waals surface area contributed by atoms with Gasteiger partial charge >= 0.3 is 10.3 Å². The topological polar surface area (TPSA) is 86.7 Å². The van der Waals surface area contributed by atoms with Crippen LogP contribution in [0.15, 0.2) is 77.3 Å². The number of para-hydroxylation sites is 1. The quantitative estimate of drug-likeness (QED) is 0.472. The highest BCUT2D eigenvalue weighted by atomic mass is 79.9. The lowest BCUT2D eigenvalue weighted by atomic mass is 10.1. The Kier molecular flexibility index (Phi) is 6.86. The molecule has 0 aliphatic carbocycles. The van der Waals surface area contributed by atoms with Crippen molar-refractivity contribution in [1.82, 2.24) is 0 Å². The molecule has 6 nitrogen and oxygen atoms in total. The maximum Gasteiger partial charge on any atom is 0.357 e. The van der Waals surface area contributed by atoms with Crippen molar-refractivity contribution in [2.75, 3.05) is 9.62 Å². The highest BCUT2D eigenvalue weighted by Gasteiger charge is 2.17.